The van der Waals surface area contributed by atoms with Crippen molar-refractivity contribution in [1.82, 2.24) is 5.32 Å². The molecular formula is C16H22N2O6S. The van der Waals surface area contributed by atoms with E-state index < -0.39 is 33.2 Å². The van der Waals surface area contributed by atoms with Crippen LogP contribution in [0.15, 0.2) is 24.3 Å². The fraction of sp³-hybridized carbons (Fsp3) is 0.500. The first-order valence-corrected chi connectivity index (χ1v) is 9.59. The molecule has 0 unspecified atom stereocenters. The molecule has 3 N–H and O–H groups in total. The second kappa shape index (κ2) is 7.30. The molecule has 1 saturated carbocycles. The maximum absolute atomic E-state index is 12.1. The molecule has 1 amide bonds. The van der Waals surface area contributed by atoms with Gasteiger partial charge in [-0.25, -0.2) is 13.2 Å². The normalized spacial score (nSPS) is 16.0. The van der Waals surface area contributed by atoms with Gasteiger partial charge in [-0.3, -0.25) is 9.52 Å². The van der Waals surface area contributed by atoms with Crippen molar-refractivity contribution in [2.45, 2.75) is 44.8 Å². The Morgan fingerprint density at radius 1 is 1.24 bits per heavy atom. The second-order valence-electron chi connectivity index (χ2n) is 6.34. The molecule has 0 aliphatic heterocycles. The number of rotatable bonds is 8. The van der Waals surface area contributed by atoms with Gasteiger partial charge in [-0.05, 0) is 57.4 Å². The minimum atomic E-state index is -3.95. The summed E-state index contributed by atoms with van der Waals surface area (Å²) >= 11 is 0. The highest BCUT2D eigenvalue weighted by Crippen LogP contribution is 2.32. The Morgan fingerprint density at radius 3 is 2.28 bits per heavy atom. The molecule has 2 rings (SSSR count). The number of amides is 1. The number of hydrogen-bond donors (Lipinski definition) is 3. The van der Waals surface area contributed by atoms with Crippen molar-refractivity contribution >= 4 is 27.6 Å². The van der Waals surface area contributed by atoms with Gasteiger partial charge in [-0.1, -0.05) is 0 Å². The molecule has 0 heterocycles. The van der Waals surface area contributed by atoms with E-state index in [2.05, 4.69) is 10.0 Å². The standard InChI is InChI=1S/C16H22N2O6S/c1-11(2)24-13-6-4-12(5-7-13)18-25(22,23)10-14(19)17-16(15(20)21)8-3-9-16/h4-7,11,18H,3,8-10H2,1-2H3,(H,17,19)(H,20,21). The lowest BCUT2D eigenvalue weighted by Crippen LogP contribution is -2.60. The van der Waals surface area contributed by atoms with Gasteiger partial charge < -0.3 is 15.2 Å². The third kappa shape index (κ3) is 5.09. The topological polar surface area (TPSA) is 122 Å². The van der Waals surface area contributed by atoms with E-state index in [9.17, 15) is 18.0 Å². The molecule has 9 heteroatoms. The van der Waals surface area contributed by atoms with Gasteiger partial charge in [0.25, 0.3) is 0 Å². The minimum Gasteiger partial charge on any atom is -0.491 e. The molecule has 0 radical (unpaired) electrons. The largest absolute Gasteiger partial charge is 0.491 e. The Kier molecular flexibility index (Phi) is 5.56. The molecule has 1 aliphatic rings. The summed E-state index contributed by atoms with van der Waals surface area (Å²) < 4.78 is 31.9. The van der Waals surface area contributed by atoms with Crippen molar-refractivity contribution in [1.29, 1.82) is 0 Å². The summed E-state index contributed by atoms with van der Waals surface area (Å²) in [6.07, 6.45) is 1.29. The second-order valence-corrected chi connectivity index (χ2v) is 8.06. The summed E-state index contributed by atoms with van der Waals surface area (Å²) in [6, 6.07) is 6.28. The Morgan fingerprint density at radius 2 is 1.84 bits per heavy atom. The predicted molar refractivity (Wildman–Crippen MR) is 92.0 cm³/mol. The Balaban J connectivity index is 1.95. The highest BCUT2D eigenvalue weighted by Gasteiger charge is 2.46. The van der Waals surface area contributed by atoms with Crippen LogP contribution >= 0.6 is 0 Å². The van der Waals surface area contributed by atoms with Gasteiger partial charge >= 0.3 is 5.97 Å². The van der Waals surface area contributed by atoms with E-state index in [1.807, 2.05) is 13.8 Å². The van der Waals surface area contributed by atoms with Gasteiger partial charge in [0.1, 0.15) is 17.0 Å². The first kappa shape index (κ1) is 19.0. The Bertz CT molecular complexity index is 738. The number of carboxylic acid groups (broad SMARTS) is 1. The Labute approximate surface area is 146 Å². The maximum Gasteiger partial charge on any atom is 0.329 e. The number of carboxylic acids is 1. The average Bonchev–Trinajstić information content (AvgIpc) is 2.43. The van der Waals surface area contributed by atoms with E-state index in [1.165, 1.54) is 12.1 Å². The molecular weight excluding hydrogens is 348 g/mol. The number of carbonyl (C=O) groups excluding carboxylic acids is 1. The van der Waals surface area contributed by atoms with Gasteiger partial charge in [0.2, 0.25) is 15.9 Å². The number of benzene rings is 1. The predicted octanol–water partition coefficient (Wildman–Crippen LogP) is 1.34. The third-order valence-electron chi connectivity index (χ3n) is 3.82. The van der Waals surface area contributed by atoms with Crippen molar-refractivity contribution < 1.29 is 27.9 Å². The van der Waals surface area contributed by atoms with Crippen LogP contribution in [0, 0.1) is 0 Å². The molecule has 138 valence electrons. The lowest BCUT2D eigenvalue weighted by molar-refractivity contribution is -0.151. The van der Waals surface area contributed by atoms with Crippen LogP contribution in [0.5, 0.6) is 5.75 Å². The quantitative estimate of drug-likeness (QED) is 0.635. The smallest absolute Gasteiger partial charge is 0.329 e. The monoisotopic (exact) mass is 370 g/mol. The lowest BCUT2D eigenvalue weighted by Gasteiger charge is -2.38. The van der Waals surface area contributed by atoms with Crippen LogP contribution in [-0.2, 0) is 19.6 Å². The summed E-state index contributed by atoms with van der Waals surface area (Å²) in [4.78, 5) is 23.1. The molecule has 1 fully saturated rings. The van der Waals surface area contributed by atoms with Crippen LogP contribution in [0.4, 0.5) is 5.69 Å². The molecule has 0 atom stereocenters. The van der Waals surface area contributed by atoms with E-state index in [0.29, 0.717) is 30.7 Å². The van der Waals surface area contributed by atoms with Crippen LogP contribution in [0.1, 0.15) is 33.1 Å². The van der Waals surface area contributed by atoms with E-state index >= 15 is 0 Å². The molecule has 0 spiro atoms. The molecule has 0 bridgehead atoms. The molecule has 8 nitrogen and oxygen atoms in total. The molecule has 1 aliphatic carbocycles. The van der Waals surface area contributed by atoms with Crippen molar-refractivity contribution in [3.63, 3.8) is 0 Å². The van der Waals surface area contributed by atoms with Crippen molar-refractivity contribution in [3.05, 3.63) is 24.3 Å². The van der Waals surface area contributed by atoms with Gasteiger partial charge in [-0.15, -0.1) is 0 Å². The van der Waals surface area contributed by atoms with Gasteiger partial charge in [0, 0.05) is 5.69 Å². The molecule has 0 aromatic heterocycles. The summed E-state index contributed by atoms with van der Waals surface area (Å²) in [7, 11) is -3.95. The van der Waals surface area contributed by atoms with Gasteiger partial charge in [-0.2, -0.15) is 0 Å². The SMILES string of the molecule is CC(C)Oc1ccc(NS(=O)(=O)CC(=O)NC2(C(=O)O)CCC2)cc1. The van der Waals surface area contributed by atoms with Crippen LogP contribution < -0.4 is 14.8 Å². The zero-order valence-electron chi connectivity index (χ0n) is 14.1. The fourth-order valence-corrected chi connectivity index (χ4v) is 3.47. The maximum atomic E-state index is 12.1. The number of aliphatic carboxylic acids is 1. The van der Waals surface area contributed by atoms with Crippen molar-refractivity contribution in [2.75, 3.05) is 10.5 Å². The Hall–Kier alpha value is -2.29. The zero-order valence-corrected chi connectivity index (χ0v) is 14.9. The zero-order chi connectivity index (χ0) is 18.7. The van der Waals surface area contributed by atoms with E-state index in [1.54, 1.807) is 12.1 Å². The van der Waals surface area contributed by atoms with E-state index in [0.717, 1.165) is 0 Å². The highest BCUT2D eigenvalue weighted by molar-refractivity contribution is 7.93. The highest BCUT2D eigenvalue weighted by atomic mass is 32.2. The molecule has 1 aromatic carbocycles. The van der Waals surface area contributed by atoms with Crippen molar-refractivity contribution in [3.8, 4) is 5.75 Å². The summed E-state index contributed by atoms with van der Waals surface area (Å²) in [6.45, 7) is 3.75. The van der Waals surface area contributed by atoms with Crippen LogP contribution in [0.25, 0.3) is 0 Å². The molecule has 0 saturated heterocycles. The number of sulfonamides is 1. The van der Waals surface area contributed by atoms with Crippen LogP contribution in [-0.4, -0.2) is 42.8 Å². The van der Waals surface area contributed by atoms with Gasteiger partial charge in [0.15, 0.2) is 0 Å². The first-order valence-electron chi connectivity index (χ1n) is 7.93. The lowest BCUT2D eigenvalue weighted by atomic mass is 9.77. The molecule has 25 heavy (non-hydrogen) atoms. The number of hydrogen-bond acceptors (Lipinski definition) is 5. The third-order valence-corrected chi connectivity index (χ3v) is 5.00. The van der Waals surface area contributed by atoms with E-state index in [4.69, 9.17) is 9.84 Å². The van der Waals surface area contributed by atoms with Crippen molar-refractivity contribution in [2.24, 2.45) is 0 Å². The van der Waals surface area contributed by atoms with E-state index in [-0.39, 0.29) is 6.10 Å². The number of carbonyl (C=O) groups is 2. The first-order chi connectivity index (χ1) is 11.6. The molecule has 1 aromatic rings. The number of ether oxygens (including phenoxy) is 1. The summed E-state index contributed by atoms with van der Waals surface area (Å²) in [5, 5.41) is 11.5. The minimum absolute atomic E-state index is 0.000649. The number of nitrogens with one attached hydrogen (secondary N) is 2. The summed E-state index contributed by atoms with van der Waals surface area (Å²) in [5.74, 6) is -2.22. The van der Waals surface area contributed by atoms with Crippen LogP contribution in [0.2, 0.25) is 0 Å². The van der Waals surface area contributed by atoms with Gasteiger partial charge in [0.05, 0.1) is 6.10 Å². The van der Waals surface area contributed by atoms with Crippen LogP contribution in [0.3, 0.4) is 0 Å². The summed E-state index contributed by atoms with van der Waals surface area (Å²) in [5.41, 5.74) is -1.04. The fourth-order valence-electron chi connectivity index (χ4n) is 2.49. The average molecular weight is 370 g/mol. The number of anilines is 1.